The summed E-state index contributed by atoms with van der Waals surface area (Å²) in [5.41, 5.74) is 0.932. The molecule has 126 valence electrons. The van der Waals surface area contributed by atoms with E-state index < -0.39 is 0 Å². The zero-order chi connectivity index (χ0) is 17.1. The molecule has 7 heteroatoms. The highest BCUT2D eigenvalue weighted by atomic mass is 16.6. The van der Waals surface area contributed by atoms with Gasteiger partial charge in [-0.1, -0.05) is 47.6 Å². The number of aromatic nitrogens is 2. The predicted octanol–water partition coefficient (Wildman–Crippen LogP) is 2.75. The van der Waals surface area contributed by atoms with E-state index in [2.05, 4.69) is 15.5 Å². The van der Waals surface area contributed by atoms with Gasteiger partial charge in [0.05, 0.1) is 6.42 Å². The van der Waals surface area contributed by atoms with Crippen molar-refractivity contribution >= 4 is 28.5 Å². The maximum atomic E-state index is 12.3. The summed E-state index contributed by atoms with van der Waals surface area (Å²) in [6.45, 7) is 0.892. The van der Waals surface area contributed by atoms with Crippen LogP contribution < -0.4 is 5.32 Å². The van der Waals surface area contributed by atoms with Gasteiger partial charge in [0, 0.05) is 0 Å². The number of fused-ring (bicyclic) bond motifs is 1. The molecule has 1 aliphatic rings. The minimum absolute atomic E-state index is 0.0234. The number of ether oxygens (including phenoxy) is 2. The molecule has 1 amide bonds. The summed E-state index contributed by atoms with van der Waals surface area (Å²) in [6, 6.07) is 13.8. The lowest BCUT2D eigenvalue weighted by Gasteiger charge is -2.11. The standard InChI is InChI=1S/C18H15N3O4/c22-16(10-13-6-3-5-12-4-1-2-7-14(12)13)19-18-21-20-17(25-18)15-11-23-8-9-24-15/h1-7,11H,8-10H2,(H,19,21,22). The zero-order valence-corrected chi connectivity index (χ0v) is 13.3. The van der Waals surface area contributed by atoms with Crippen LogP contribution in [0.4, 0.5) is 6.01 Å². The highest BCUT2D eigenvalue weighted by molar-refractivity contribution is 5.95. The van der Waals surface area contributed by atoms with E-state index in [1.807, 2.05) is 42.5 Å². The van der Waals surface area contributed by atoms with Gasteiger partial charge in [-0.3, -0.25) is 10.1 Å². The minimum atomic E-state index is -0.235. The number of carbonyl (C=O) groups excluding carboxylic acids is 1. The minimum Gasteiger partial charge on any atom is -0.494 e. The normalized spacial score (nSPS) is 13.7. The number of benzene rings is 2. The third kappa shape index (κ3) is 3.30. The molecule has 1 N–H and O–H groups in total. The molecule has 0 unspecified atom stereocenters. The fourth-order valence-corrected chi connectivity index (χ4v) is 2.64. The number of hydrogen-bond donors (Lipinski definition) is 1. The van der Waals surface area contributed by atoms with Crippen LogP contribution in [0.25, 0.3) is 16.5 Å². The number of carbonyl (C=O) groups is 1. The molecule has 0 atom stereocenters. The lowest BCUT2D eigenvalue weighted by atomic mass is 10.0. The first kappa shape index (κ1) is 15.2. The topological polar surface area (TPSA) is 86.5 Å². The van der Waals surface area contributed by atoms with Gasteiger partial charge in [-0.05, 0) is 16.3 Å². The molecule has 0 bridgehead atoms. The number of hydrogen-bond acceptors (Lipinski definition) is 6. The highest BCUT2D eigenvalue weighted by Gasteiger charge is 2.17. The molecule has 0 spiro atoms. The Hall–Kier alpha value is -3.35. The van der Waals surface area contributed by atoms with Crippen molar-refractivity contribution in [2.24, 2.45) is 0 Å². The summed E-state index contributed by atoms with van der Waals surface area (Å²) in [7, 11) is 0. The lowest BCUT2D eigenvalue weighted by Crippen LogP contribution is -2.14. The number of nitrogens with zero attached hydrogens (tertiary/aromatic N) is 2. The zero-order valence-electron chi connectivity index (χ0n) is 13.3. The van der Waals surface area contributed by atoms with E-state index in [-0.39, 0.29) is 24.2 Å². The Morgan fingerprint density at radius 1 is 1.08 bits per heavy atom. The maximum Gasteiger partial charge on any atom is 0.322 e. The molecule has 0 saturated heterocycles. The molecular weight excluding hydrogens is 322 g/mol. The molecule has 1 aliphatic heterocycles. The fourth-order valence-electron chi connectivity index (χ4n) is 2.64. The van der Waals surface area contributed by atoms with Crippen molar-refractivity contribution in [2.75, 3.05) is 18.5 Å². The van der Waals surface area contributed by atoms with Crippen LogP contribution >= 0.6 is 0 Å². The van der Waals surface area contributed by atoms with E-state index in [0.717, 1.165) is 16.3 Å². The maximum absolute atomic E-state index is 12.3. The average molecular weight is 337 g/mol. The number of amides is 1. The molecule has 25 heavy (non-hydrogen) atoms. The SMILES string of the molecule is O=C(Cc1cccc2ccccc12)Nc1nnc(C2=COCCO2)o1. The number of anilines is 1. The van der Waals surface area contributed by atoms with Gasteiger partial charge in [-0.2, -0.15) is 0 Å². The van der Waals surface area contributed by atoms with Crippen LogP contribution in [0.15, 0.2) is 53.1 Å². The number of rotatable bonds is 4. The summed E-state index contributed by atoms with van der Waals surface area (Å²) in [4.78, 5) is 12.3. The molecular formula is C18H15N3O4. The second kappa shape index (κ2) is 6.64. The summed E-state index contributed by atoms with van der Waals surface area (Å²) < 4.78 is 15.9. The summed E-state index contributed by atoms with van der Waals surface area (Å²) in [6.07, 6.45) is 1.63. The Kier molecular flexibility index (Phi) is 4.04. The molecule has 2 aromatic carbocycles. The molecule has 1 aromatic heterocycles. The van der Waals surface area contributed by atoms with E-state index >= 15 is 0 Å². The molecule has 2 heterocycles. The van der Waals surface area contributed by atoms with Crippen molar-refractivity contribution < 1.29 is 18.7 Å². The monoisotopic (exact) mass is 337 g/mol. The first-order valence-electron chi connectivity index (χ1n) is 7.84. The van der Waals surface area contributed by atoms with Crippen molar-refractivity contribution in [2.45, 2.75) is 6.42 Å². The molecule has 0 fully saturated rings. The Labute approximate surface area is 143 Å². The third-order valence-electron chi connectivity index (χ3n) is 3.76. The third-order valence-corrected chi connectivity index (χ3v) is 3.76. The predicted molar refractivity (Wildman–Crippen MR) is 90.5 cm³/mol. The smallest absolute Gasteiger partial charge is 0.322 e. The van der Waals surface area contributed by atoms with Gasteiger partial charge in [-0.25, -0.2) is 0 Å². The molecule has 3 aromatic rings. The van der Waals surface area contributed by atoms with Gasteiger partial charge < -0.3 is 13.9 Å². The van der Waals surface area contributed by atoms with Crippen LogP contribution in [0.3, 0.4) is 0 Å². The van der Waals surface area contributed by atoms with Gasteiger partial charge in [-0.15, -0.1) is 5.10 Å². The summed E-state index contributed by atoms with van der Waals surface area (Å²) in [5.74, 6) is 0.287. The van der Waals surface area contributed by atoms with Crippen LogP contribution in [-0.4, -0.2) is 29.3 Å². The van der Waals surface area contributed by atoms with Crippen LogP contribution in [-0.2, 0) is 20.7 Å². The van der Waals surface area contributed by atoms with E-state index in [0.29, 0.717) is 19.0 Å². The van der Waals surface area contributed by atoms with Crippen LogP contribution in [0.5, 0.6) is 0 Å². The Morgan fingerprint density at radius 2 is 1.96 bits per heavy atom. The van der Waals surface area contributed by atoms with E-state index in [1.165, 1.54) is 6.26 Å². The molecule has 0 aliphatic carbocycles. The van der Waals surface area contributed by atoms with Gasteiger partial charge in [0.2, 0.25) is 11.7 Å². The summed E-state index contributed by atoms with van der Waals surface area (Å²) in [5, 5.41) is 12.4. The largest absolute Gasteiger partial charge is 0.494 e. The molecule has 7 nitrogen and oxygen atoms in total. The quantitative estimate of drug-likeness (QED) is 0.788. The Bertz CT molecular complexity index is 943. The van der Waals surface area contributed by atoms with Gasteiger partial charge in [0.1, 0.15) is 19.5 Å². The van der Waals surface area contributed by atoms with Crippen molar-refractivity contribution in [3.05, 3.63) is 60.2 Å². The van der Waals surface area contributed by atoms with Crippen molar-refractivity contribution in [1.82, 2.24) is 10.2 Å². The van der Waals surface area contributed by atoms with Crippen molar-refractivity contribution in [3.8, 4) is 0 Å². The van der Waals surface area contributed by atoms with Gasteiger partial charge in [0.25, 0.3) is 5.89 Å². The second-order valence-electron chi connectivity index (χ2n) is 5.48. The Morgan fingerprint density at radius 3 is 2.84 bits per heavy atom. The van der Waals surface area contributed by atoms with Crippen LogP contribution in [0, 0.1) is 0 Å². The Balaban J connectivity index is 1.47. The molecule has 4 rings (SSSR count). The highest BCUT2D eigenvalue weighted by Crippen LogP contribution is 2.21. The van der Waals surface area contributed by atoms with Crippen molar-refractivity contribution in [1.29, 1.82) is 0 Å². The first-order valence-corrected chi connectivity index (χ1v) is 7.84. The van der Waals surface area contributed by atoms with Crippen molar-refractivity contribution in [3.63, 3.8) is 0 Å². The van der Waals surface area contributed by atoms with E-state index in [4.69, 9.17) is 13.9 Å². The first-order chi connectivity index (χ1) is 12.3. The number of nitrogens with one attached hydrogen (secondary N) is 1. The van der Waals surface area contributed by atoms with E-state index in [9.17, 15) is 4.79 Å². The van der Waals surface area contributed by atoms with E-state index in [1.54, 1.807) is 0 Å². The lowest BCUT2D eigenvalue weighted by molar-refractivity contribution is -0.115. The molecule has 0 saturated carbocycles. The van der Waals surface area contributed by atoms with Crippen LogP contribution in [0.1, 0.15) is 11.5 Å². The average Bonchev–Trinajstić information content (AvgIpc) is 3.11. The van der Waals surface area contributed by atoms with Crippen LogP contribution in [0.2, 0.25) is 0 Å². The summed E-state index contributed by atoms with van der Waals surface area (Å²) >= 11 is 0. The fraction of sp³-hybridized carbons (Fsp3) is 0.167. The van der Waals surface area contributed by atoms with Gasteiger partial charge in [0.15, 0.2) is 0 Å². The second-order valence-corrected chi connectivity index (χ2v) is 5.48. The van der Waals surface area contributed by atoms with Gasteiger partial charge >= 0.3 is 6.01 Å². The molecule has 0 radical (unpaired) electrons.